The van der Waals surface area contributed by atoms with E-state index in [2.05, 4.69) is 11.4 Å². The van der Waals surface area contributed by atoms with Crippen LogP contribution in [0.5, 0.6) is 0 Å². The molecule has 0 radical (unpaired) electrons. The Bertz CT molecular complexity index is 288. The van der Waals surface area contributed by atoms with Crippen LogP contribution in [0.3, 0.4) is 0 Å². The minimum atomic E-state index is -0.478. The first-order valence-corrected chi connectivity index (χ1v) is 5.87. The highest BCUT2D eigenvalue weighted by atomic mass is 16.6. The number of alkyl carbamates (subject to hydrolysis) is 1. The lowest BCUT2D eigenvalue weighted by atomic mass is 10.2. The van der Waals surface area contributed by atoms with Crippen LogP contribution < -0.4 is 11.1 Å². The van der Waals surface area contributed by atoms with Crippen LogP contribution in [0.15, 0.2) is 23.9 Å². The number of rotatable bonds is 5. The number of amides is 1. The molecular formula is C13H24N2O2. The van der Waals surface area contributed by atoms with Gasteiger partial charge in [0, 0.05) is 5.70 Å². The van der Waals surface area contributed by atoms with Gasteiger partial charge in [-0.05, 0) is 40.5 Å². The largest absolute Gasteiger partial charge is 0.444 e. The van der Waals surface area contributed by atoms with Gasteiger partial charge < -0.3 is 15.8 Å². The summed E-state index contributed by atoms with van der Waals surface area (Å²) in [5.41, 5.74) is 5.91. The van der Waals surface area contributed by atoms with Crippen LogP contribution in [0.4, 0.5) is 4.79 Å². The fourth-order valence-electron chi connectivity index (χ4n) is 1.09. The Morgan fingerprint density at radius 2 is 2.00 bits per heavy atom. The van der Waals surface area contributed by atoms with Crippen LogP contribution in [0.25, 0.3) is 0 Å². The maximum atomic E-state index is 11.3. The van der Waals surface area contributed by atoms with E-state index >= 15 is 0 Å². The Kier molecular flexibility index (Phi) is 7.10. The first kappa shape index (κ1) is 15.6. The van der Waals surface area contributed by atoms with Gasteiger partial charge in [0.25, 0.3) is 0 Å². The first-order chi connectivity index (χ1) is 7.85. The van der Waals surface area contributed by atoms with E-state index in [0.717, 1.165) is 12.8 Å². The van der Waals surface area contributed by atoms with Crippen molar-refractivity contribution in [3.8, 4) is 0 Å². The number of carbonyl (C=O) groups is 1. The van der Waals surface area contributed by atoms with Crippen molar-refractivity contribution in [3.63, 3.8) is 0 Å². The Morgan fingerprint density at radius 3 is 2.53 bits per heavy atom. The topological polar surface area (TPSA) is 64.3 Å². The molecule has 0 aromatic carbocycles. The predicted octanol–water partition coefficient (Wildman–Crippen LogP) is 2.71. The smallest absolute Gasteiger partial charge is 0.407 e. The zero-order valence-corrected chi connectivity index (χ0v) is 11.2. The van der Waals surface area contributed by atoms with Gasteiger partial charge in [-0.15, -0.1) is 0 Å². The van der Waals surface area contributed by atoms with Crippen molar-refractivity contribution in [1.29, 1.82) is 0 Å². The van der Waals surface area contributed by atoms with Gasteiger partial charge >= 0.3 is 6.09 Å². The summed E-state index contributed by atoms with van der Waals surface area (Å²) >= 11 is 0. The molecule has 0 atom stereocenters. The molecule has 4 nitrogen and oxygen atoms in total. The number of hydrogen-bond acceptors (Lipinski definition) is 3. The second-order valence-electron chi connectivity index (χ2n) is 4.78. The maximum Gasteiger partial charge on any atom is 0.407 e. The first-order valence-electron chi connectivity index (χ1n) is 5.87. The molecule has 0 aliphatic carbocycles. The lowest BCUT2D eigenvalue weighted by Crippen LogP contribution is -2.34. The number of unbranched alkanes of at least 4 members (excludes halogenated alkanes) is 1. The second kappa shape index (κ2) is 7.76. The second-order valence-corrected chi connectivity index (χ2v) is 4.78. The molecule has 0 heterocycles. The van der Waals surface area contributed by atoms with E-state index in [4.69, 9.17) is 10.5 Å². The molecular weight excluding hydrogens is 216 g/mol. The normalized spacial score (nSPS) is 12.8. The van der Waals surface area contributed by atoms with Gasteiger partial charge in [-0.1, -0.05) is 18.2 Å². The molecule has 0 saturated carbocycles. The van der Waals surface area contributed by atoms with Crippen molar-refractivity contribution in [2.45, 2.75) is 46.1 Å². The number of allylic oxidation sites excluding steroid dienone is 3. The van der Waals surface area contributed by atoms with Gasteiger partial charge in [0.1, 0.15) is 5.60 Å². The lowest BCUT2D eigenvalue weighted by Gasteiger charge is -2.19. The van der Waals surface area contributed by atoms with Crippen molar-refractivity contribution in [3.05, 3.63) is 23.9 Å². The van der Waals surface area contributed by atoms with Crippen LogP contribution in [0.1, 0.15) is 40.5 Å². The average Bonchev–Trinajstić information content (AvgIpc) is 2.19. The molecule has 0 aromatic rings. The van der Waals surface area contributed by atoms with E-state index in [-0.39, 0.29) is 0 Å². The Balaban J connectivity index is 3.83. The summed E-state index contributed by atoms with van der Waals surface area (Å²) in [5.74, 6) is 0. The van der Waals surface area contributed by atoms with Crippen molar-refractivity contribution in [2.75, 3.05) is 6.54 Å². The fourth-order valence-corrected chi connectivity index (χ4v) is 1.09. The molecule has 1 amide bonds. The zero-order chi connectivity index (χ0) is 13.3. The summed E-state index contributed by atoms with van der Waals surface area (Å²) in [7, 11) is 0. The number of carbonyl (C=O) groups excluding carboxylic acids is 1. The number of hydrogen-bond donors (Lipinski definition) is 2. The van der Waals surface area contributed by atoms with Crippen LogP contribution in [-0.2, 0) is 4.74 Å². The highest BCUT2D eigenvalue weighted by Gasteiger charge is 2.15. The molecule has 0 saturated heterocycles. The average molecular weight is 240 g/mol. The Morgan fingerprint density at radius 1 is 1.35 bits per heavy atom. The molecule has 4 heteroatoms. The molecule has 0 unspecified atom stereocenters. The summed E-state index contributed by atoms with van der Waals surface area (Å²) in [6.07, 6.45) is 7.39. The van der Waals surface area contributed by atoms with Crippen LogP contribution in [-0.4, -0.2) is 18.2 Å². The quantitative estimate of drug-likeness (QED) is 0.573. The Labute approximate surface area is 104 Å². The SMILES string of the molecule is CC=CCCC=C(N)CNC(=O)OC(C)(C)C. The summed E-state index contributed by atoms with van der Waals surface area (Å²) in [4.78, 5) is 11.3. The highest BCUT2D eigenvalue weighted by molar-refractivity contribution is 5.67. The summed E-state index contributed by atoms with van der Waals surface area (Å²) in [6.45, 7) is 7.77. The summed E-state index contributed by atoms with van der Waals surface area (Å²) in [5, 5.41) is 2.61. The zero-order valence-electron chi connectivity index (χ0n) is 11.2. The third kappa shape index (κ3) is 10.8. The molecule has 0 spiro atoms. The number of ether oxygens (including phenoxy) is 1. The maximum absolute atomic E-state index is 11.3. The van der Waals surface area contributed by atoms with Crippen LogP contribution in [0, 0.1) is 0 Å². The van der Waals surface area contributed by atoms with E-state index in [1.165, 1.54) is 0 Å². The van der Waals surface area contributed by atoms with E-state index in [9.17, 15) is 4.79 Å². The van der Waals surface area contributed by atoms with Crippen LogP contribution >= 0.6 is 0 Å². The molecule has 0 rings (SSSR count). The third-order valence-electron chi connectivity index (χ3n) is 1.81. The van der Waals surface area contributed by atoms with E-state index in [1.807, 2.05) is 39.8 Å². The molecule has 0 aromatic heterocycles. The lowest BCUT2D eigenvalue weighted by molar-refractivity contribution is 0.0532. The molecule has 0 bridgehead atoms. The predicted molar refractivity (Wildman–Crippen MR) is 70.6 cm³/mol. The molecule has 0 fully saturated rings. The van der Waals surface area contributed by atoms with Gasteiger partial charge in [0.15, 0.2) is 0 Å². The number of nitrogens with two attached hydrogens (primary N) is 1. The van der Waals surface area contributed by atoms with E-state index in [0.29, 0.717) is 12.2 Å². The van der Waals surface area contributed by atoms with Gasteiger partial charge in [0.2, 0.25) is 0 Å². The van der Waals surface area contributed by atoms with Gasteiger partial charge in [-0.2, -0.15) is 0 Å². The fraction of sp³-hybridized carbons (Fsp3) is 0.615. The molecule has 3 N–H and O–H groups in total. The van der Waals surface area contributed by atoms with Crippen molar-refractivity contribution >= 4 is 6.09 Å². The van der Waals surface area contributed by atoms with Gasteiger partial charge in [-0.3, -0.25) is 0 Å². The van der Waals surface area contributed by atoms with Crippen molar-refractivity contribution in [1.82, 2.24) is 5.32 Å². The monoisotopic (exact) mass is 240 g/mol. The minimum absolute atomic E-state index is 0.324. The van der Waals surface area contributed by atoms with Gasteiger partial charge in [-0.25, -0.2) is 4.79 Å². The number of nitrogens with one attached hydrogen (secondary N) is 1. The van der Waals surface area contributed by atoms with Crippen molar-refractivity contribution in [2.24, 2.45) is 5.73 Å². The van der Waals surface area contributed by atoms with E-state index < -0.39 is 11.7 Å². The minimum Gasteiger partial charge on any atom is -0.444 e. The van der Waals surface area contributed by atoms with Crippen molar-refractivity contribution < 1.29 is 9.53 Å². The molecule has 0 aliphatic heterocycles. The molecule has 0 aliphatic rings. The standard InChI is InChI=1S/C13H24N2O2/c1-5-6-7-8-9-11(14)10-15-12(16)17-13(2,3)4/h5-6,9H,7-8,10,14H2,1-4H3,(H,15,16). The third-order valence-corrected chi connectivity index (χ3v) is 1.81. The highest BCUT2D eigenvalue weighted by Crippen LogP contribution is 2.06. The molecule has 17 heavy (non-hydrogen) atoms. The van der Waals surface area contributed by atoms with Crippen LogP contribution in [0.2, 0.25) is 0 Å². The Hall–Kier alpha value is -1.45. The van der Waals surface area contributed by atoms with Gasteiger partial charge in [0.05, 0.1) is 6.54 Å². The summed E-state index contributed by atoms with van der Waals surface area (Å²) in [6, 6.07) is 0. The summed E-state index contributed by atoms with van der Waals surface area (Å²) < 4.78 is 5.09. The van der Waals surface area contributed by atoms with E-state index in [1.54, 1.807) is 0 Å². The molecule has 98 valence electrons.